The van der Waals surface area contributed by atoms with Crippen LogP contribution in [0.15, 0.2) is 36.8 Å². The summed E-state index contributed by atoms with van der Waals surface area (Å²) in [6.07, 6.45) is 5.38. The van der Waals surface area contributed by atoms with Crippen LogP contribution in [-0.4, -0.2) is 82.6 Å². The molecule has 3 aliphatic rings. The van der Waals surface area contributed by atoms with Gasteiger partial charge in [-0.15, -0.1) is 0 Å². The van der Waals surface area contributed by atoms with Gasteiger partial charge in [0.2, 0.25) is 0 Å². The van der Waals surface area contributed by atoms with E-state index in [1.54, 1.807) is 6.20 Å². The van der Waals surface area contributed by atoms with Gasteiger partial charge in [-0.3, -0.25) is 9.78 Å². The summed E-state index contributed by atoms with van der Waals surface area (Å²) in [7, 11) is 2.05. The van der Waals surface area contributed by atoms with Gasteiger partial charge >= 0.3 is 6.01 Å². The molecule has 2 fully saturated rings. The Morgan fingerprint density at radius 2 is 2.02 bits per heavy atom. The molecule has 6 rings (SSSR count). The standard InChI is InChI=1S/C33H37F2N7O2/c1-20(34)31(43)42-14-13-41(18-22(42)10-11-36)30-26-17-37-28(24-9-5-7-21-15-33(2,3)16-25(21)24)27(35)29(26)38-32(39-30)44-19-23-8-6-12-40(23)4/h5,7,9,17,22-23H,1,6,8,10,12-16,18-19H2,2-4H3/t22-,23-/m0/s1. The Labute approximate surface area is 256 Å². The number of halogens is 2. The van der Waals surface area contributed by atoms with E-state index in [9.17, 15) is 14.4 Å². The molecule has 1 aromatic carbocycles. The van der Waals surface area contributed by atoms with Crippen molar-refractivity contribution >= 4 is 22.6 Å². The number of rotatable bonds is 7. The largest absolute Gasteiger partial charge is 0.462 e. The number of amides is 1. The molecule has 2 atom stereocenters. The molecule has 9 nitrogen and oxygen atoms in total. The normalized spacial score (nSPS) is 21.4. The number of likely N-dealkylation sites (tertiary alicyclic amines) is 1. The smallest absolute Gasteiger partial charge is 0.319 e. The van der Waals surface area contributed by atoms with Crippen LogP contribution in [0.3, 0.4) is 0 Å². The molecular formula is C33H37F2N7O2. The Morgan fingerprint density at radius 3 is 2.75 bits per heavy atom. The SMILES string of the molecule is C=C(F)C(=O)N1CCN(c2nc(OC[C@@H]3CCCN3C)nc3c(F)c(-c4cccc5c4CC(C)(C)C5)ncc23)C[C@@H]1CC#N. The number of anilines is 1. The van der Waals surface area contributed by atoms with E-state index in [2.05, 4.69) is 47.4 Å². The first-order valence-corrected chi connectivity index (χ1v) is 15.1. The van der Waals surface area contributed by atoms with Gasteiger partial charge in [0.1, 0.15) is 23.6 Å². The highest BCUT2D eigenvalue weighted by Crippen LogP contribution is 2.42. The lowest BCUT2D eigenvalue weighted by Crippen LogP contribution is -2.55. The van der Waals surface area contributed by atoms with Crippen molar-refractivity contribution in [2.24, 2.45) is 5.41 Å². The van der Waals surface area contributed by atoms with Crippen LogP contribution in [0.1, 0.15) is 44.2 Å². The third-order valence-electron chi connectivity index (χ3n) is 9.17. The number of fused-ring (bicyclic) bond motifs is 2. The highest BCUT2D eigenvalue weighted by Gasteiger charge is 2.35. The van der Waals surface area contributed by atoms with E-state index in [1.807, 2.05) is 24.1 Å². The number of aromatic nitrogens is 3. The van der Waals surface area contributed by atoms with E-state index in [-0.39, 0.29) is 54.7 Å². The lowest BCUT2D eigenvalue weighted by molar-refractivity contribution is -0.131. The van der Waals surface area contributed by atoms with Crippen LogP contribution in [0.2, 0.25) is 0 Å². The minimum absolute atomic E-state index is 0.0118. The number of piperazine rings is 1. The third kappa shape index (κ3) is 5.59. The number of ether oxygens (including phenoxy) is 1. The lowest BCUT2D eigenvalue weighted by Gasteiger charge is -2.41. The van der Waals surface area contributed by atoms with Gasteiger partial charge < -0.3 is 19.4 Å². The summed E-state index contributed by atoms with van der Waals surface area (Å²) in [5.41, 5.74) is 3.47. The maximum atomic E-state index is 16.6. The highest BCUT2D eigenvalue weighted by molar-refractivity contribution is 5.93. The molecule has 4 heterocycles. The van der Waals surface area contributed by atoms with Crippen LogP contribution in [0.25, 0.3) is 22.2 Å². The van der Waals surface area contributed by atoms with Gasteiger partial charge in [-0.25, -0.2) is 8.78 Å². The van der Waals surface area contributed by atoms with E-state index < -0.39 is 23.6 Å². The summed E-state index contributed by atoms with van der Waals surface area (Å²) >= 11 is 0. The number of nitriles is 1. The first-order chi connectivity index (χ1) is 21.1. The van der Waals surface area contributed by atoms with Crippen molar-refractivity contribution in [1.82, 2.24) is 24.8 Å². The molecule has 0 saturated carbocycles. The van der Waals surface area contributed by atoms with Crippen molar-refractivity contribution in [2.75, 3.05) is 44.7 Å². The number of carbonyl (C=O) groups is 1. The molecule has 1 aliphatic carbocycles. The van der Waals surface area contributed by atoms with Crippen LogP contribution in [0, 0.1) is 22.6 Å². The minimum atomic E-state index is -1.07. The first-order valence-electron chi connectivity index (χ1n) is 15.1. The van der Waals surface area contributed by atoms with Gasteiger partial charge in [-0.05, 0) is 55.8 Å². The molecule has 0 unspecified atom stereocenters. The van der Waals surface area contributed by atoms with Crippen LogP contribution in [-0.2, 0) is 17.6 Å². The van der Waals surface area contributed by atoms with E-state index in [4.69, 9.17) is 9.72 Å². The predicted octanol–water partition coefficient (Wildman–Crippen LogP) is 4.84. The Kier molecular flexibility index (Phi) is 7.97. The average Bonchev–Trinajstić information content (AvgIpc) is 3.56. The number of nitrogens with zero attached hydrogens (tertiary/aromatic N) is 7. The maximum Gasteiger partial charge on any atom is 0.319 e. The summed E-state index contributed by atoms with van der Waals surface area (Å²) in [5, 5.41) is 9.86. The number of pyridine rings is 1. The van der Waals surface area contributed by atoms with Crippen LogP contribution in [0.5, 0.6) is 6.01 Å². The summed E-state index contributed by atoms with van der Waals surface area (Å²) in [5.74, 6) is -2.06. The zero-order chi connectivity index (χ0) is 31.2. The van der Waals surface area contributed by atoms with Gasteiger partial charge in [-0.2, -0.15) is 15.2 Å². The second-order valence-corrected chi connectivity index (χ2v) is 12.9. The van der Waals surface area contributed by atoms with E-state index in [0.717, 1.165) is 43.4 Å². The lowest BCUT2D eigenvalue weighted by atomic mass is 9.89. The first kappa shape index (κ1) is 29.9. The van der Waals surface area contributed by atoms with Crippen LogP contribution < -0.4 is 9.64 Å². The highest BCUT2D eigenvalue weighted by atomic mass is 19.1. The molecule has 0 radical (unpaired) electrons. The van der Waals surface area contributed by atoms with Crippen molar-refractivity contribution < 1.29 is 18.3 Å². The monoisotopic (exact) mass is 601 g/mol. The van der Waals surface area contributed by atoms with Gasteiger partial charge in [-0.1, -0.05) is 38.6 Å². The third-order valence-corrected chi connectivity index (χ3v) is 9.17. The topological polar surface area (TPSA) is 98.5 Å². The van der Waals surface area contributed by atoms with E-state index in [1.165, 1.54) is 10.5 Å². The van der Waals surface area contributed by atoms with Crippen molar-refractivity contribution in [3.05, 3.63) is 53.7 Å². The summed E-state index contributed by atoms with van der Waals surface area (Å²) in [6, 6.07) is 7.69. The molecule has 11 heteroatoms. The number of hydrogen-bond donors (Lipinski definition) is 0. The van der Waals surface area contributed by atoms with Crippen LogP contribution >= 0.6 is 0 Å². The summed E-state index contributed by atoms with van der Waals surface area (Å²) in [6.45, 7) is 9.51. The molecule has 2 aromatic heterocycles. The summed E-state index contributed by atoms with van der Waals surface area (Å²) in [4.78, 5) is 31.8. The fraction of sp³-hybridized carbons (Fsp3) is 0.485. The molecule has 44 heavy (non-hydrogen) atoms. The zero-order valence-corrected chi connectivity index (χ0v) is 25.4. The number of hydrogen-bond acceptors (Lipinski definition) is 8. The number of benzene rings is 1. The fourth-order valence-electron chi connectivity index (χ4n) is 6.91. The predicted molar refractivity (Wildman–Crippen MR) is 163 cm³/mol. The molecule has 2 saturated heterocycles. The Morgan fingerprint density at radius 1 is 1.20 bits per heavy atom. The number of likely N-dealkylation sites (N-methyl/N-ethyl adjacent to an activating group) is 1. The molecule has 2 aliphatic heterocycles. The molecule has 1 amide bonds. The van der Waals surface area contributed by atoms with Gasteiger partial charge in [0.15, 0.2) is 11.6 Å². The van der Waals surface area contributed by atoms with Crippen molar-refractivity contribution in [2.45, 2.75) is 58.0 Å². The Balaban J connectivity index is 1.42. The molecule has 0 N–H and O–H groups in total. The van der Waals surface area contributed by atoms with E-state index >= 15 is 4.39 Å². The van der Waals surface area contributed by atoms with E-state index in [0.29, 0.717) is 17.8 Å². The molecule has 3 aromatic rings. The second-order valence-electron chi connectivity index (χ2n) is 12.9. The van der Waals surface area contributed by atoms with Gasteiger partial charge in [0.25, 0.3) is 5.91 Å². The van der Waals surface area contributed by atoms with Gasteiger partial charge in [0.05, 0.1) is 23.9 Å². The van der Waals surface area contributed by atoms with Crippen molar-refractivity contribution in [1.29, 1.82) is 5.26 Å². The zero-order valence-electron chi connectivity index (χ0n) is 25.4. The molecular weight excluding hydrogens is 564 g/mol. The molecule has 230 valence electrons. The number of carbonyl (C=O) groups excluding carboxylic acids is 1. The van der Waals surface area contributed by atoms with Crippen LogP contribution in [0.4, 0.5) is 14.6 Å². The maximum absolute atomic E-state index is 16.6. The Bertz CT molecular complexity index is 1670. The average molecular weight is 602 g/mol. The quantitative estimate of drug-likeness (QED) is 0.355. The Hall–Kier alpha value is -4.17. The minimum Gasteiger partial charge on any atom is -0.462 e. The van der Waals surface area contributed by atoms with Crippen molar-refractivity contribution in [3.63, 3.8) is 0 Å². The van der Waals surface area contributed by atoms with Crippen molar-refractivity contribution in [3.8, 4) is 23.3 Å². The molecule has 0 spiro atoms. The summed E-state index contributed by atoms with van der Waals surface area (Å²) < 4.78 is 36.5. The molecule has 0 bridgehead atoms. The fourth-order valence-corrected chi connectivity index (χ4v) is 6.91. The van der Waals surface area contributed by atoms with Gasteiger partial charge in [0, 0.05) is 37.4 Å². The second kappa shape index (κ2) is 11.7.